The number of hydrogen-bond acceptors (Lipinski definition) is 3. The van der Waals surface area contributed by atoms with Crippen LogP contribution >= 0.6 is 24.0 Å². The maximum atomic E-state index is 5.24. The molecule has 2 N–H and O–H groups in total. The predicted octanol–water partition coefficient (Wildman–Crippen LogP) is 3.25. The number of nitrogens with one attached hydrogen (secondary N) is 2. The second-order valence-corrected chi connectivity index (χ2v) is 7.65. The van der Waals surface area contributed by atoms with E-state index in [4.69, 9.17) is 9.73 Å². The third-order valence-electron chi connectivity index (χ3n) is 5.12. The third kappa shape index (κ3) is 7.95. The third-order valence-corrected chi connectivity index (χ3v) is 5.12. The summed E-state index contributed by atoms with van der Waals surface area (Å²) in [6, 6.07) is 11.2. The molecular formula is C21H37IN4O. The highest BCUT2D eigenvalue weighted by molar-refractivity contribution is 14.0. The van der Waals surface area contributed by atoms with E-state index >= 15 is 0 Å². The SMILES string of the molecule is CCNC(=NCC(C)(C)c1ccccc1)NCC1CCCN1CCOC.I. The van der Waals surface area contributed by atoms with E-state index in [1.54, 1.807) is 7.11 Å². The maximum Gasteiger partial charge on any atom is 0.191 e. The van der Waals surface area contributed by atoms with E-state index in [-0.39, 0.29) is 29.4 Å². The molecule has 0 aliphatic carbocycles. The molecule has 2 rings (SSSR count). The fourth-order valence-electron chi connectivity index (χ4n) is 3.44. The summed E-state index contributed by atoms with van der Waals surface area (Å²) in [5.74, 6) is 0.912. The molecule has 1 aromatic rings. The van der Waals surface area contributed by atoms with Crippen molar-refractivity contribution in [3.63, 3.8) is 0 Å². The van der Waals surface area contributed by atoms with Crippen LogP contribution in [-0.2, 0) is 10.2 Å². The summed E-state index contributed by atoms with van der Waals surface area (Å²) in [4.78, 5) is 7.38. The summed E-state index contributed by atoms with van der Waals surface area (Å²) in [6.45, 7) is 12.1. The van der Waals surface area contributed by atoms with Crippen LogP contribution < -0.4 is 10.6 Å². The molecule has 1 atom stereocenters. The molecule has 0 amide bonds. The van der Waals surface area contributed by atoms with E-state index in [0.717, 1.165) is 38.7 Å². The van der Waals surface area contributed by atoms with E-state index in [1.807, 2.05) is 0 Å². The molecule has 27 heavy (non-hydrogen) atoms. The van der Waals surface area contributed by atoms with E-state index in [9.17, 15) is 0 Å². The Bertz CT molecular complexity index is 550. The van der Waals surface area contributed by atoms with Crippen molar-refractivity contribution in [3.05, 3.63) is 35.9 Å². The largest absolute Gasteiger partial charge is 0.383 e. The first-order chi connectivity index (χ1) is 12.6. The lowest BCUT2D eigenvalue weighted by Gasteiger charge is -2.26. The smallest absolute Gasteiger partial charge is 0.191 e. The lowest BCUT2D eigenvalue weighted by atomic mass is 9.85. The van der Waals surface area contributed by atoms with E-state index in [1.165, 1.54) is 24.9 Å². The first kappa shape index (κ1) is 24.2. The van der Waals surface area contributed by atoms with Crippen molar-refractivity contribution >= 4 is 29.9 Å². The number of ether oxygens (including phenoxy) is 1. The second kappa shape index (κ2) is 12.6. The molecule has 0 spiro atoms. The zero-order chi connectivity index (χ0) is 18.8. The number of methoxy groups -OCH3 is 1. The topological polar surface area (TPSA) is 48.9 Å². The van der Waals surface area contributed by atoms with E-state index < -0.39 is 0 Å². The summed E-state index contributed by atoms with van der Waals surface area (Å²) in [7, 11) is 1.77. The van der Waals surface area contributed by atoms with Crippen molar-refractivity contribution < 1.29 is 4.74 Å². The van der Waals surface area contributed by atoms with Gasteiger partial charge in [-0.25, -0.2) is 0 Å². The fourth-order valence-corrected chi connectivity index (χ4v) is 3.44. The van der Waals surface area contributed by atoms with Crippen LogP contribution in [0.25, 0.3) is 0 Å². The molecule has 0 radical (unpaired) electrons. The Kier molecular flexibility index (Phi) is 11.3. The Balaban J connectivity index is 0.00000364. The van der Waals surface area contributed by atoms with E-state index in [0.29, 0.717) is 6.04 Å². The maximum absolute atomic E-state index is 5.24. The number of halogens is 1. The average Bonchev–Trinajstić information content (AvgIpc) is 3.10. The minimum Gasteiger partial charge on any atom is -0.383 e. The molecular weight excluding hydrogens is 451 g/mol. The van der Waals surface area contributed by atoms with E-state index in [2.05, 4.69) is 66.6 Å². The summed E-state index contributed by atoms with van der Waals surface area (Å²) in [6.07, 6.45) is 2.51. The lowest BCUT2D eigenvalue weighted by Crippen LogP contribution is -2.46. The van der Waals surface area contributed by atoms with Crippen molar-refractivity contribution in [3.8, 4) is 0 Å². The van der Waals surface area contributed by atoms with Crippen molar-refractivity contribution in [1.82, 2.24) is 15.5 Å². The normalized spacial score (nSPS) is 18.2. The molecule has 1 unspecified atom stereocenters. The van der Waals surface area contributed by atoms with Crippen molar-refractivity contribution in [2.75, 3.05) is 46.4 Å². The Morgan fingerprint density at radius 1 is 1.26 bits per heavy atom. The van der Waals surface area contributed by atoms with Crippen LogP contribution in [0.15, 0.2) is 35.3 Å². The highest BCUT2D eigenvalue weighted by Crippen LogP contribution is 2.23. The zero-order valence-corrected chi connectivity index (χ0v) is 19.7. The Morgan fingerprint density at radius 2 is 2.00 bits per heavy atom. The van der Waals surface area contributed by atoms with Gasteiger partial charge < -0.3 is 15.4 Å². The number of likely N-dealkylation sites (tertiary alicyclic amines) is 1. The summed E-state index contributed by atoms with van der Waals surface area (Å²) in [5.41, 5.74) is 1.34. The molecule has 1 aliphatic rings. The van der Waals surface area contributed by atoms with Crippen LogP contribution in [0.4, 0.5) is 0 Å². The van der Waals surface area contributed by atoms with Gasteiger partial charge in [0, 0.05) is 38.2 Å². The second-order valence-electron chi connectivity index (χ2n) is 7.65. The molecule has 0 saturated carbocycles. The van der Waals surface area contributed by atoms with Crippen molar-refractivity contribution in [1.29, 1.82) is 0 Å². The first-order valence-corrected chi connectivity index (χ1v) is 9.87. The molecule has 1 fully saturated rings. The van der Waals surface area contributed by atoms with Crippen molar-refractivity contribution in [2.45, 2.75) is 45.1 Å². The molecule has 0 bridgehead atoms. The van der Waals surface area contributed by atoms with Gasteiger partial charge in [0.05, 0.1) is 13.2 Å². The fraction of sp³-hybridized carbons (Fsp3) is 0.667. The van der Waals surface area contributed by atoms with Crippen LogP contribution in [0.5, 0.6) is 0 Å². The predicted molar refractivity (Wildman–Crippen MR) is 125 cm³/mol. The summed E-state index contributed by atoms with van der Waals surface area (Å²) < 4.78 is 5.24. The standard InChI is InChI=1S/C21H36N4O.HI/c1-5-22-20(23-16-19-12-9-13-25(19)14-15-26-4)24-17-21(2,3)18-10-7-6-8-11-18;/h6-8,10-11,19H,5,9,12-17H2,1-4H3,(H2,22,23,24);1H. The molecule has 0 aromatic heterocycles. The molecule has 1 saturated heterocycles. The number of benzene rings is 1. The van der Waals surface area contributed by atoms with Crippen LogP contribution in [-0.4, -0.2) is 63.3 Å². The number of guanidine groups is 1. The average molecular weight is 488 g/mol. The van der Waals surface area contributed by atoms with Gasteiger partial charge in [0.1, 0.15) is 0 Å². The quantitative estimate of drug-likeness (QED) is 0.319. The number of rotatable bonds is 9. The van der Waals surface area contributed by atoms with Crippen LogP contribution in [0, 0.1) is 0 Å². The van der Waals surface area contributed by atoms with Crippen LogP contribution in [0.3, 0.4) is 0 Å². The van der Waals surface area contributed by atoms with Crippen LogP contribution in [0.2, 0.25) is 0 Å². The van der Waals surface area contributed by atoms with Gasteiger partial charge in [0.25, 0.3) is 0 Å². The van der Waals surface area contributed by atoms with Gasteiger partial charge >= 0.3 is 0 Å². The number of aliphatic imine (C=N–C) groups is 1. The van der Waals surface area contributed by atoms with Gasteiger partial charge in [-0.05, 0) is 31.9 Å². The minimum absolute atomic E-state index is 0. The van der Waals surface area contributed by atoms with Gasteiger partial charge in [0.2, 0.25) is 0 Å². The monoisotopic (exact) mass is 488 g/mol. The molecule has 5 nitrogen and oxygen atoms in total. The first-order valence-electron chi connectivity index (χ1n) is 9.87. The summed E-state index contributed by atoms with van der Waals surface area (Å²) >= 11 is 0. The number of hydrogen-bond donors (Lipinski definition) is 2. The highest BCUT2D eigenvalue weighted by Gasteiger charge is 2.24. The molecule has 6 heteroatoms. The highest BCUT2D eigenvalue weighted by atomic mass is 127. The van der Waals surface area contributed by atoms with Gasteiger partial charge in [-0.15, -0.1) is 24.0 Å². The molecule has 1 aromatic carbocycles. The molecule has 1 aliphatic heterocycles. The van der Waals surface area contributed by atoms with Gasteiger partial charge in [0.15, 0.2) is 5.96 Å². The van der Waals surface area contributed by atoms with Crippen LogP contribution in [0.1, 0.15) is 39.2 Å². The van der Waals surface area contributed by atoms with Crippen molar-refractivity contribution in [2.24, 2.45) is 4.99 Å². The van der Waals surface area contributed by atoms with Gasteiger partial charge in [-0.1, -0.05) is 44.2 Å². The lowest BCUT2D eigenvalue weighted by molar-refractivity contribution is 0.141. The zero-order valence-electron chi connectivity index (χ0n) is 17.3. The number of nitrogens with zero attached hydrogens (tertiary/aromatic N) is 2. The van der Waals surface area contributed by atoms with Gasteiger partial charge in [-0.3, -0.25) is 9.89 Å². The summed E-state index contributed by atoms with van der Waals surface area (Å²) in [5, 5.41) is 6.93. The van der Waals surface area contributed by atoms with Gasteiger partial charge in [-0.2, -0.15) is 0 Å². The molecule has 154 valence electrons. The Morgan fingerprint density at radius 3 is 2.67 bits per heavy atom. The molecule has 1 heterocycles. The Hall–Kier alpha value is -0.860. The minimum atomic E-state index is 0. The Labute approximate surface area is 182 Å².